The largest absolute Gasteiger partial charge is 0.348 e. The Balaban J connectivity index is 1.39. The number of hydrogen-bond donors (Lipinski definition) is 1. The van der Waals surface area contributed by atoms with E-state index < -0.39 is 0 Å². The molecule has 0 spiro atoms. The minimum atomic E-state index is 0.0656. The first-order valence-corrected chi connectivity index (χ1v) is 10.4. The number of aromatic nitrogens is 1. The molecule has 0 atom stereocenters. The van der Waals surface area contributed by atoms with Crippen molar-refractivity contribution in [3.05, 3.63) is 54.1 Å². The molecule has 140 valence electrons. The fourth-order valence-corrected chi connectivity index (χ4v) is 4.69. The Morgan fingerprint density at radius 1 is 1.11 bits per heavy atom. The second kappa shape index (κ2) is 7.69. The van der Waals surface area contributed by atoms with Gasteiger partial charge in [0.05, 0.1) is 10.2 Å². The Hall–Kier alpha value is -2.40. The molecule has 0 aliphatic carbocycles. The zero-order valence-corrected chi connectivity index (χ0v) is 16.6. The van der Waals surface area contributed by atoms with Crippen LogP contribution in [0.15, 0.2) is 48.5 Å². The molecule has 4 nitrogen and oxygen atoms in total. The molecular weight excluding hydrogens is 354 g/mol. The highest BCUT2D eigenvalue weighted by Crippen LogP contribution is 2.32. The summed E-state index contributed by atoms with van der Waals surface area (Å²) >= 11 is 1.74. The highest BCUT2D eigenvalue weighted by atomic mass is 32.1. The zero-order chi connectivity index (χ0) is 18.8. The Kier molecular flexibility index (Phi) is 5.12. The number of thiazole rings is 1. The maximum atomic E-state index is 12.8. The number of carbonyl (C=O) groups is 1. The van der Waals surface area contributed by atoms with E-state index in [-0.39, 0.29) is 11.8 Å². The summed E-state index contributed by atoms with van der Waals surface area (Å²) in [6.45, 7) is 6.07. The summed E-state index contributed by atoms with van der Waals surface area (Å²) < 4.78 is 1.22. The van der Waals surface area contributed by atoms with Crippen molar-refractivity contribution in [1.82, 2.24) is 4.98 Å². The Bertz CT molecular complexity index is 908. The predicted molar refractivity (Wildman–Crippen MR) is 114 cm³/mol. The number of carbonyl (C=O) groups excluding carboxylic acids is 1. The molecule has 1 aliphatic rings. The van der Waals surface area contributed by atoms with Crippen molar-refractivity contribution in [2.24, 2.45) is 5.92 Å². The highest BCUT2D eigenvalue weighted by Gasteiger charge is 2.27. The number of rotatable bonds is 4. The Morgan fingerprint density at radius 2 is 1.81 bits per heavy atom. The number of nitrogens with zero attached hydrogens (tertiary/aromatic N) is 2. The molecule has 0 radical (unpaired) electrons. The van der Waals surface area contributed by atoms with Crippen LogP contribution in [0.3, 0.4) is 0 Å². The molecule has 4 rings (SSSR count). The minimum Gasteiger partial charge on any atom is -0.348 e. The molecule has 0 saturated carbocycles. The number of amides is 1. The lowest BCUT2D eigenvalue weighted by Crippen LogP contribution is -2.38. The topological polar surface area (TPSA) is 45.2 Å². The van der Waals surface area contributed by atoms with Gasteiger partial charge in [-0.15, -0.1) is 0 Å². The van der Waals surface area contributed by atoms with Gasteiger partial charge in [0.1, 0.15) is 0 Å². The lowest BCUT2D eigenvalue weighted by Gasteiger charge is -2.31. The number of nitrogens with one attached hydrogen (secondary N) is 1. The zero-order valence-electron chi connectivity index (χ0n) is 15.8. The number of benzene rings is 2. The predicted octanol–water partition coefficient (Wildman–Crippen LogP) is 5.27. The summed E-state index contributed by atoms with van der Waals surface area (Å²) in [7, 11) is 0. The van der Waals surface area contributed by atoms with E-state index in [1.807, 2.05) is 24.3 Å². The molecular formula is C22H25N3OS. The molecule has 2 aromatic carbocycles. The summed E-state index contributed by atoms with van der Waals surface area (Å²) in [6, 6.07) is 16.4. The third kappa shape index (κ3) is 3.83. The molecule has 0 bridgehead atoms. The van der Waals surface area contributed by atoms with E-state index in [2.05, 4.69) is 48.3 Å². The van der Waals surface area contributed by atoms with E-state index >= 15 is 0 Å². The first-order valence-electron chi connectivity index (χ1n) is 9.62. The van der Waals surface area contributed by atoms with Crippen LogP contribution in [-0.4, -0.2) is 24.0 Å². The fraction of sp³-hybridized carbons (Fsp3) is 0.364. The second-order valence-corrected chi connectivity index (χ2v) is 8.47. The third-order valence-electron chi connectivity index (χ3n) is 5.26. The summed E-state index contributed by atoms with van der Waals surface area (Å²) in [5.41, 5.74) is 3.20. The molecule has 2 heterocycles. The third-order valence-corrected chi connectivity index (χ3v) is 6.36. The van der Waals surface area contributed by atoms with Crippen LogP contribution in [0.1, 0.15) is 38.2 Å². The Morgan fingerprint density at radius 3 is 2.56 bits per heavy atom. The van der Waals surface area contributed by atoms with Crippen molar-refractivity contribution < 1.29 is 4.79 Å². The van der Waals surface area contributed by atoms with Crippen LogP contribution in [0.4, 0.5) is 10.8 Å². The van der Waals surface area contributed by atoms with Gasteiger partial charge in [-0.25, -0.2) is 4.98 Å². The van der Waals surface area contributed by atoms with Crippen molar-refractivity contribution >= 4 is 38.3 Å². The van der Waals surface area contributed by atoms with Crippen LogP contribution in [0, 0.1) is 5.92 Å². The van der Waals surface area contributed by atoms with Gasteiger partial charge in [0, 0.05) is 24.7 Å². The SMILES string of the molecule is CC(C)c1ccccc1NC(=O)C1CCN(c2nc3ccccc3s2)CC1. The number of fused-ring (bicyclic) bond motifs is 1. The molecule has 1 aromatic heterocycles. The van der Waals surface area contributed by atoms with Crippen LogP contribution in [0.5, 0.6) is 0 Å². The van der Waals surface area contributed by atoms with E-state index in [0.29, 0.717) is 5.92 Å². The highest BCUT2D eigenvalue weighted by molar-refractivity contribution is 7.22. The molecule has 1 N–H and O–H groups in total. The van der Waals surface area contributed by atoms with Gasteiger partial charge < -0.3 is 10.2 Å². The lowest BCUT2D eigenvalue weighted by atomic mass is 9.95. The first kappa shape index (κ1) is 18.0. The summed E-state index contributed by atoms with van der Waals surface area (Å²) in [4.78, 5) is 19.8. The number of hydrogen-bond acceptors (Lipinski definition) is 4. The fourth-order valence-electron chi connectivity index (χ4n) is 3.68. The quantitative estimate of drug-likeness (QED) is 0.671. The van der Waals surface area contributed by atoms with Gasteiger partial charge in [0.15, 0.2) is 5.13 Å². The van der Waals surface area contributed by atoms with Gasteiger partial charge in [0.25, 0.3) is 0 Å². The first-order chi connectivity index (χ1) is 13.1. The summed E-state index contributed by atoms with van der Waals surface area (Å²) in [6.07, 6.45) is 1.73. The maximum Gasteiger partial charge on any atom is 0.227 e. The van der Waals surface area contributed by atoms with E-state index in [1.54, 1.807) is 11.3 Å². The number of anilines is 2. The smallest absolute Gasteiger partial charge is 0.227 e. The van der Waals surface area contributed by atoms with Crippen molar-refractivity contribution in [2.45, 2.75) is 32.6 Å². The van der Waals surface area contributed by atoms with Crippen LogP contribution in [0.25, 0.3) is 10.2 Å². The van der Waals surface area contributed by atoms with Crippen LogP contribution in [0.2, 0.25) is 0 Å². The summed E-state index contributed by atoms with van der Waals surface area (Å²) in [5.74, 6) is 0.602. The molecule has 27 heavy (non-hydrogen) atoms. The second-order valence-electron chi connectivity index (χ2n) is 7.46. The molecule has 1 amide bonds. The van der Waals surface area contributed by atoms with Gasteiger partial charge in [-0.1, -0.05) is 55.5 Å². The molecule has 5 heteroatoms. The van der Waals surface area contributed by atoms with Gasteiger partial charge in [-0.2, -0.15) is 0 Å². The Labute approximate surface area is 164 Å². The van der Waals surface area contributed by atoms with Gasteiger partial charge >= 0.3 is 0 Å². The monoisotopic (exact) mass is 379 g/mol. The standard InChI is InChI=1S/C22H25N3OS/c1-15(2)17-7-3-4-8-18(17)23-21(26)16-11-13-25(14-12-16)22-24-19-9-5-6-10-20(19)27-22/h3-10,15-16H,11-14H2,1-2H3,(H,23,26). The van der Waals surface area contributed by atoms with Crippen LogP contribution >= 0.6 is 11.3 Å². The average molecular weight is 380 g/mol. The number of piperidine rings is 1. The van der Waals surface area contributed by atoms with E-state index in [1.165, 1.54) is 10.3 Å². The van der Waals surface area contributed by atoms with Crippen molar-refractivity contribution in [3.63, 3.8) is 0 Å². The van der Waals surface area contributed by atoms with Crippen molar-refractivity contribution in [3.8, 4) is 0 Å². The van der Waals surface area contributed by atoms with E-state index in [0.717, 1.165) is 42.3 Å². The maximum absolute atomic E-state index is 12.8. The van der Waals surface area contributed by atoms with E-state index in [4.69, 9.17) is 4.98 Å². The molecule has 3 aromatic rings. The van der Waals surface area contributed by atoms with Gasteiger partial charge in [0.2, 0.25) is 5.91 Å². The molecule has 0 unspecified atom stereocenters. The average Bonchev–Trinajstić information content (AvgIpc) is 3.12. The summed E-state index contributed by atoms with van der Waals surface area (Å²) in [5, 5.41) is 4.24. The molecule has 1 fully saturated rings. The minimum absolute atomic E-state index is 0.0656. The lowest BCUT2D eigenvalue weighted by molar-refractivity contribution is -0.120. The van der Waals surface area contributed by atoms with Crippen LogP contribution < -0.4 is 10.2 Å². The normalized spacial score (nSPS) is 15.4. The van der Waals surface area contributed by atoms with Gasteiger partial charge in [-0.3, -0.25) is 4.79 Å². The number of para-hydroxylation sites is 2. The molecule has 1 aliphatic heterocycles. The van der Waals surface area contributed by atoms with Crippen molar-refractivity contribution in [1.29, 1.82) is 0 Å². The molecule has 1 saturated heterocycles. The van der Waals surface area contributed by atoms with Crippen LogP contribution in [-0.2, 0) is 4.79 Å². The van der Waals surface area contributed by atoms with Crippen molar-refractivity contribution in [2.75, 3.05) is 23.3 Å². The van der Waals surface area contributed by atoms with E-state index in [9.17, 15) is 4.79 Å². The van der Waals surface area contributed by atoms with Gasteiger partial charge in [-0.05, 0) is 42.5 Å².